The van der Waals surface area contributed by atoms with Crippen molar-refractivity contribution < 1.29 is 17.6 Å². The van der Waals surface area contributed by atoms with Gasteiger partial charge in [0, 0.05) is 6.04 Å². The van der Waals surface area contributed by atoms with E-state index in [2.05, 4.69) is 5.32 Å². The zero-order valence-electron chi connectivity index (χ0n) is 10.2. The maximum absolute atomic E-state index is 12.9. The summed E-state index contributed by atoms with van der Waals surface area (Å²) in [6, 6.07) is 8.69. The summed E-state index contributed by atoms with van der Waals surface area (Å²) in [5, 5.41) is 2.53. The number of halogens is 4. The molecule has 102 valence electrons. The van der Waals surface area contributed by atoms with Gasteiger partial charge >= 0.3 is 12.3 Å². The van der Waals surface area contributed by atoms with Crippen molar-refractivity contribution >= 4 is 0 Å². The van der Waals surface area contributed by atoms with Gasteiger partial charge < -0.3 is 5.32 Å². The van der Waals surface area contributed by atoms with Gasteiger partial charge in [-0.2, -0.15) is 8.78 Å². The molecule has 1 N–H and O–H groups in total. The van der Waals surface area contributed by atoms with Crippen molar-refractivity contribution in [3.8, 4) is 0 Å². The molecule has 0 aromatic heterocycles. The van der Waals surface area contributed by atoms with Crippen LogP contribution in [-0.2, 0) is 0 Å². The van der Waals surface area contributed by atoms with Crippen LogP contribution in [0.5, 0.6) is 0 Å². The lowest BCUT2D eigenvalue weighted by molar-refractivity contribution is -0.126. The molecule has 5 heteroatoms. The lowest BCUT2D eigenvalue weighted by Gasteiger charge is -2.22. The van der Waals surface area contributed by atoms with Crippen LogP contribution in [0.25, 0.3) is 0 Å². The zero-order chi connectivity index (χ0) is 13.6. The van der Waals surface area contributed by atoms with Gasteiger partial charge in [0.2, 0.25) is 0 Å². The fourth-order valence-corrected chi connectivity index (χ4v) is 1.70. The van der Waals surface area contributed by atoms with Gasteiger partial charge in [0.05, 0.1) is 6.54 Å². The summed E-state index contributed by atoms with van der Waals surface area (Å²) in [6.45, 7) is 0.910. The Bertz CT molecular complexity index is 340. The third-order valence-corrected chi connectivity index (χ3v) is 2.68. The number of hydrogen-bond donors (Lipinski definition) is 1. The van der Waals surface area contributed by atoms with E-state index >= 15 is 0 Å². The van der Waals surface area contributed by atoms with E-state index in [0.29, 0.717) is 6.42 Å². The Morgan fingerprint density at radius 1 is 1.17 bits per heavy atom. The number of hydrogen-bond acceptors (Lipinski definition) is 1. The molecule has 0 fully saturated rings. The third-order valence-electron chi connectivity index (χ3n) is 2.68. The molecule has 0 aliphatic heterocycles. The van der Waals surface area contributed by atoms with E-state index in [-0.39, 0.29) is 6.04 Å². The second-order valence-electron chi connectivity index (χ2n) is 4.19. The van der Waals surface area contributed by atoms with Crippen LogP contribution in [0, 0.1) is 0 Å². The number of benzene rings is 1. The van der Waals surface area contributed by atoms with Crippen molar-refractivity contribution in [3.63, 3.8) is 0 Å². The third kappa shape index (κ3) is 4.29. The molecule has 1 unspecified atom stereocenters. The monoisotopic (exact) mass is 263 g/mol. The van der Waals surface area contributed by atoms with Crippen LogP contribution in [0.1, 0.15) is 31.4 Å². The van der Waals surface area contributed by atoms with Gasteiger partial charge in [-0.1, -0.05) is 43.7 Å². The second kappa shape index (κ2) is 6.73. The van der Waals surface area contributed by atoms with Gasteiger partial charge in [-0.3, -0.25) is 0 Å². The lowest BCUT2D eigenvalue weighted by Crippen LogP contribution is -2.40. The van der Waals surface area contributed by atoms with Gasteiger partial charge in [0.25, 0.3) is 0 Å². The Balaban J connectivity index is 2.65. The molecule has 0 aliphatic rings. The SMILES string of the molecule is CCCC(NCC(F)(F)C(F)F)c1ccccc1. The highest BCUT2D eigenvalue weighted by atomic mass is 19.3. The smallest absolute Gasteiger partial charge is 0.304 e. The highest BCUT2D eigenvalue weighted by molar-refractivity contribution is 5.18. The summed E-state index contributed by atoms with van der Waals surface area (Å²) < 4.78 is 49.8. The van der Waals surface area contributed by atoms with Crippen molar-refractivity contribution in [2.45, 2.75) is 38.2 Å². The summed E-state index contributed by atoms with van der Waals surface area (Å²) in [7, 11) is 0. The molecule has 0 heterocycles. The molecular weight excluding hydrogens is 246 g/mol. The van der Waals surface area contributed by atoms with Gasteiger partial charge in [-0.15, -0.1) is 0 Å². The highest BCUT2D eigenvalue weighted by Gasteiger charge is 2.40. The fourth-order valence-electron chi connectivity index (χ4n) is 1.70. The Morgan fingerprint density at radius 2 is 1.78 bits per heavy atom. The van der Waals surface area contributed by atoms with Crippen LogP contribution in [0.4, 0.5) is 17.6 Å². The van der Waals surface area contributed by atoms with Crippen molar-refractivity contribution in [3.05, 3.63) is 35.9 Å². The molecule has 1 nitrogen and oxygen atoms in total. The topological polar surface area (TPSA) is 12.0 Å². The van der Waals surface area contributed by atoms with Gasteiger partial charge in [-0.05, 0) is 12.0 Å². The summed E-state index contributed by atoms with van der Waals surface area (Å²) >= 11 is 0. The minimum absolute atomic E-state index is 0.319. The Labute approximate surface area is 104 Å². The minimum Gasteiger partial charge on any atom is -0.304 e. The summed E-state index contributed by atoms with van der Waals surface area (Å²) in [5.74, 6) is -3.99. The molecule has 0 radical (unpaired) electrons. The van der Waals surface area contributed by atoms with Crippen LogP contribution in [0.2, 0.25) is 0 Å². The van der Waals surface area contributed by atoms with Gasteiger partial charge in [0.1, 0.15) is 0 Å². The number of nitrogens with one attached hydrogen (secondary N) is 1. The molecular formula is C13H17F4N. The Hall–Kier alpha value is -1.10. The molecule has 0 aliphatic carbocycles. The molecule has 0 amide bonds. The van der Waals surface area contributed by atoms with Crippen LogP contribution >= 0.6 is 0 Å². The summed E-state index contributed by atoms with van der Waals surface area (Å²) in [5.41, 5.74) is 0.837. The maximum Gasteiger partial charge on any atom is 0.319 e. The molecule has 1 atom stereocenters. The van der Waals surface area contributed by atoms with Crippen molar-refractivity contribution in [1.29, 1.82) is 0 Å². The summed E-state index contributed by atoms with van der Waals surface area (Å²) in [4.78, 5) is 0. The van der Waals surface area contributed by atoms with Crippen molar-refractivity contribution in [1.82, 2.24) is 5.32 Å². The van der Waals surface area contributed by atoms with E-state index in [1.165, 1.54) is 0 Å². The molecule has 18 heavy (non-hydrogen) atoms. The average Bonchev–Trinajstić information content (AvgIpc) is 2.35. The normalized spacial score (nSPS) is 13.9. The van der Waals surface area contributed by atoms with E-state index in [1.54, 1.807) is 24.3 Å². The van der Waals surface area contributed by atoms with E-state index in [1.807, 2.05) is 13.0 Å². The predicted octanol–water partition coefficient (Wildman–Crippen LogP) is 4.02. The molecule has 0 spiro atoms. The second-order valence-corrected chi connectivity index (χ2v) is 4.19. The molecule has 0 saturated carbocycles. The van der Waals surface area contributed by atoms with Gasteiger partial charge in [0.15, 0.2) is 0 Å². The number of alkyl halides is 4. The molecule has 1 aromatic carbocycles. The minimum atomic E-state index is -3.99. The van der Waals surface area contributed by atoms with E-state index in [9.17, 15) is 17.6 Å². The molecule has 0 saturated heterocycles. The summed E-state index contributed by atoms with van der Waals surface area (Å²) in [6.07, 6.45) is -2.22. The molecule has 1 rings (SSSR count). The van der Waals surface area contributed by atoms with Crippen molar-refractivity contribution in [2.75, 3.05) is 6.54 Å². The first kappa shape index (κ1) is 15.0. The Morgan fingerprint density at radius 3 is 2.28 bits per heavy atom. The number of rotatable bonds is 7. The van der Waals surface area contributed by atoms with Crippen molar-refractivity contribution in [2.24, 2.45) is 0 Å². The molecule has 0 bridgehead atoms. The van der Waals surface area contributed by atoms with E-state index < -0.39 is 18.9 Å². The van der Waals surface area contributed by atoms with Crippen LogP contribution in [-0.4, -0.2) is 18.9 Å². The predicted molar refractivity (Wildman–Crippen MR) is 63.0 cm³/mol. The van der Waals surface area contributed by atoms with E-state index in [4.69, 9.17) is 0 Å². The lowest BCUT2D eigenvalue weighted by atomic mass is 10.0. The van der Waals surface area contributed by atoms with Crippen LogP contribution in [0.3, 0.4) is 0 Å². The van der Waals surface area contributed by atoms with Crippen LogP contribution in [0.15, 0.2) is 30.3 Å². The largest absolute Gasteiger partial charge is 0.319 e. The highest BCUT2D eigenvalue weighted by Crippen LogP contribution is 2.24. The zero-order valence-corrected chi connectivity index (χ0v) is 10.2. The van der Waals surface area contributed by atoms with Crippen LogP contribution < -0.4 is 5.32 Å². The fraction of sp³-hybridized carbons (Fsp3) is 0.538. The first-order valence-electron chi connectivity index (χ1n) is 5.91. The average molecular weight is 263 g/mol. The first-order chi connectivity index (χ1) is 8.47. The first-order valence-corrected chi connectivity index (χ1v) is 5.91. The van der Waals surface area contributed by atoms with Gasteiger partial charge in [-0.25, -0.2) is 8.78 Å². The molecule has 1 aromatic rings. The quantitative estimate of drug-likeness (QED) is 0.733. The standard InChI is InChI=1S/C13H17F4N/c1-2-6-11(10-7-4-3-5-8-10)18-9-13(16,17)12(14)15/h3-5,7-8,11-12,18H,2,6,9H2,1H3. The van der Waals surface area contributed by atoms with E-state index in [0.717, 1.165) is 12.0 Å². The Kier molecular flexibility index (Phi) is 5.59. The maximum atomic E-state index is 12.9.